The summed E-state index contributed by atoms with van der Waals surface area (Å²) in [6.07, 6.45) is 0. The summed E-state index contributed by atoms with van der Waals surface area (Å²) < 4.78 is 0. The van der Waals surface area contributed by atoms with E-state index in [1.165, 1.54) is 0 Å². The molecule has 72 valence electrons. The zero-order valence-corrected chi connectivity index (χ0v) is 8.04. The van der Waals surface area contributed by atoms with Gasteiger partial charge in [0, 0.05) is 5.69 Å². The summed E-state index contributed by atoms with van der Waals surface area (Å²) in [5.74, 6) is 0. The molecule has 1 aromatic carbocycles. The van der Waals surface area contributed by atoms with Crippen LogP contribution in [0.3, 0.4) is 0 Å². The molecule has 0 aliphatic carbocycles. The van der Waals surface area contributed by atoms with Gasteiger partial charge in [0.1, 0.15) is 0 Å². The Morgan fingerprint density at radius 2 is 2.23 bits per heavy atom. The number of nitrogens with two attached hydrogens (primary N) is 1. The Kier molecular flexibility index (Phi) is 3.28. The molecule has 4 N–H and O–H groups in total. The number of aliphatic hydroxyl groups excluding tert-OH is 1. The van der Waals surface area contributed by atoms with E-state index >= 15 is 0 Å². The molecule has 0 saturated carbocycles. The number of nitrogens with one attached hydrogen (secondary N) is 1. The molecule has 0 bridgehead atoms. The van der Waals surface area contributed by atoms with Gasteiger partial charge in [0.15, 0.2) is 0 Å². The maximum Gasteiger partial charge on any atom is 0.0626 e. The predicted octanol–water partition coefficient (Wildman–Crippen LogP) is 0.830. The van der Waals surface area contributed by atoms with Crippen LogP contribution in [0.15, 0.2) is 18.2 Å². The summed E-state index contributed by atoms with van der Waals surface area (Å²) in [6, 6.07) is 5.71. The zero-order chi connectivity index (χ0) is 9.84. The highest BCUT2D eigenvalue weighted by molar-refractivity contribution is 5.45. The molecule has 0 aromatic heterocycles. The van der Waals surface area contributed by atoms with E-state index in [4.69, 9.17) is 10.8 Å². The van der Waals surface area contributed by atoms with Crippen LogP contribution in [0, 0.1) is 6.92 Å². The number of anilines is 1. The minimum atomic E-state index is 0.000556. The lowest BCUT2D eigenvalue weighted by Gasteiger charge is -2.16. The van der Waals surface area contributed by atoms with Gasteiger partial charge in [-0.25, -0.2) is 0 Å². The molecule has 1 rings (SSSR count). The van der Waals surface area contributed by atoms with Crippen LogP contribution in [-0.2, 0) is 0 Å². The van der Waals surface area contributed by atoms with E-state index in [0.717, 1.165) is 16.8 Å². The number of benzene rings is 1. The first-order valence-electron chi connectivity index (χ1n) is 4.33. The second-order valence-corrected chi connectivity index (χ2v) is 3.14. The normalized spacial score (nSPS) is 12.8. The minimum absolute atomic E-state index is 0.000556. The Balaban J connectivity index is 2.99. The van der Waals surface area contributed by atoms with Gasteiger partial charge in [-0.3, -0.25) is 0 Å². The number of nitrogen functional groups attached to an aromatic ring is 1. The van der Waals surface area contributed by atoms with Crippen LogP contribution in [0.2, 0.25) is 0 Å². The Morgan fingerprint density at radius 1 is 1.54 bits per heavy atom. The molecule has 1 atom stereocenters. The molecule has 1 unspecified atom stereocenters. The summed E-state index contributed by atoms with van der Waals surface area (Å²) in [4.78, 5) is 0. The lowest BCUT2D eigenvalue weighted by atomic mass is 10.0. The van der Waals surface area contributed by atoms with Gasteiger partial charge >= 0.3 is 0 Å². The second-order valence-electron chi connectivity index (χ2n) is 3.14. The molecular formula is C10H16N2O. The number of hydrogen-bond donors (Lipinski definition) is 3. The molecule has 0 amide bonds. The van der Waals surface area contributed by atoms with Crippen molar-refractivity contribution in [2.24, 2.45) is 0 Å². The first kappa shape index (κ1) is 10.0. The van der Waals surface area contributed by atoms with Crippen molar-refractivity contribution in [1.29, 1.82) is 0 Å². The maximum atomic E-state index is 9.08. The van der Waals surface area contributed by atoms with Gasteiger partial charge in [0.05, 0.1) is 12.6 Å². The van der Waals surface area contributed by atoms with E-state index in [0.29, 0.717) is 0 Å². The van der Waals surface area contributed by atoms with Crippen LogP contribution in [0.25, 0.3) is 0 Å². The zero-order valence-electron chi connectivity index (χ0n) is 8.04. The maximum absolute atomic E-state index is 9.08. The largest absolute Gasteiger partial charge is 0.399 e. The van der Waals surface area contributed by atoms with Crippen molar-refractivity contribution in [2.45, 2.75) is 13.0 Å². The quantitative estimate of drug-likeness (QED) is 0.604. The minimum Gasteiger partial charge on any atom is -0.399 e. The molecule has 0 radical (unpaired) electrons. The van der Waals surface area contributed by atoms with Crippen molar-refractivity contribution in [3.05, 3.63) is 29.3 Å². The van der Waals surface area contributed by atoms with E-state index < -0.39 is 0 Å². The average Bonchev–Trinajstić information content (AvgIpc) is 2.10. The third-order valence-electron chi connectivity index (χ3n) is 2.20. The SMILES string of the molecule is CNC(CO)c1ccc(N)cc1C. The van der Waals surface area contributed by atoms with Crippen molar-refractivity contribution < 1.29 is 5.11 Å². The Labute approximate surface area is 78.6 Å². The van der Waals surface area contributed by atoms with Crippen molar-refractivity contribution >= 4 is 5.69 Å². The molecule has 0 heterocycles. The molecule has 3 heteroatoms. The van der Waals surface area contributed by atoms with Crippen LogP contribution in [-0.4, -0.2) is 18.8 Å². The summed E-state index contributed by atoms with van der Waals surface area (Å²) in [5.41, 5.74) is 8.59. The van der Waals surface area contributed by atoms with Gasteiger partial charge in [-0.2, -0.15) is 0 Å². The van der Waals surface area contributed by atoms with Gasteiger partial charge in [-0.15, -0.1) is 0 Å². The number of likely N-dealkylation sites (N-methyl/N-ethyl adjacent to an activating group) is 1. The number of aryl methyl sites for hydroxylation is 1. The van der Waals surface area contributed by atoms with Gasteiger partial charge in [0.2, 0.25) is 0 Å². The van der Waals surface area contributed by atoms with Gasteiger partial charge in [-0.1, -0.05) is 6.07 Å². The van der Waals surface area contributed by atoms with Gasteiger partial charge in [-0.05, 0) is 37.2 Å². The summed E-state index contributed by atoms with van der Waals surface area (Å²) in [5, 5.41) is 12.1. The molecule has 0 saturated heterocycles. The second kappa shape index (κ2) is 4.25. The molecule has 0 fully saturated rings. The highest BCUT2D eigenvalue weighted by atomic mass is 16.3. The van der Waals surface area contributed by atoms with E-state index in [2.05, 4.69) is 5.32 Å². The van der Waals surface area contributed by atoms with Crippen LogP contribution in [0.4, 0.5) is 5.69 Å². The molecule has 0 aliphatic rings. The van der Waals surface area contributed by atoms with Crippen molar-refractivity contribution in [3.8, 4) is 0 Å². The fraction of sp³-hybridized carbons (Fsp3) is 0.400. The first-order valence-corrected chi connectivity index (χ1v) is 4.33. The molecule has 0 aliphatic heterocycles. The first-order chi connectivity index (χ1) is 6.19. The van der Waals surface area contributed by atoms with E-state index in [1.807, 2.05) is 32.2 Å². The Hall–Kier alpha value is -1.06. The summed E-state index contributed by atoms with van der Waals surface area (Å²) in [6.45, 7) is 2.09. The lowest BCUT2D eigenvalue weighted by Crippen LogP contribution is -2.20. The average molecular weight is 180 g/mol. The van der Waals surface area contributed by atoms with Gasteiger partial charge < -0.3 is 16.2 Å². The Bertz CT molecular complexity index is 282. The van der Waals surface area contributed by atoms with E-state index in [-0.39, 0.29) is 12.6 Å². The lowest BCUT2D eigenvalue weighted by molar-refractivity contribution is 0.250. The molecule has 3 nitrogen and oxygen atoms in total. The topological polar surface area (TPSA) is 58.3 Å². The fourth-order valence-corrected chi connectivity index (χ4v) is 1.44. The number of hydrogen-bond acceptors (Lipinski definition) is 3. The van der Waals surface area contributed by atoms with Crippen LogP contribution < -0.4 is 11.1 Å². The summed E-state index contributed by atoms with van der Waals surface area (Å²) in [7, 11) is 1.83. The van der Waals surface area contributed by atoms with Gasteiger partial charge in [0.25, 0.3) is 0 Å². The third kappa shape index (κ3) is 2.20. The van der Waals surface area contributed by atoms with Crippen LogP contribution in [0.1, 0.15) is 17.2 Å². The van der Waals surface area contributed by atoms with Crippen molar-refractivity contribution in [2.75, 3.05) is 19.4 Å². The highest BCUT2D eigenvalue weighted by Crippen LogP contribution is 2.19. The number of rotatable bonds is 3. The molecule has 1 aromatic rings. The predicted molar refractivity (Wildman–Crippen MR) is 54.5 cm³/mol. The van der Waals surface area contributed by atoms with E-state index in [9.17, 15) is 0 Å². The summed E-state index contributed by atoms with van der Waals surface area (Å²) >= 11 is 0. The van der Waals surface area contributed by atoms with Crippen LogP contribution in [0.5, 0.6) is 0 Å². The molecule has 0 spiro atoms. The monoisotopic (exact) mass is 180 g/mol. The fourth-order valence-electron chi connectivity index (χ4n) is 1.44. The smallest absolute Gasteiger partial charge is 0.0626 e. The molecular weight excluding hydrogens is 164 g/mol. The van der Waals surface area contributed by atoms with Crippen molar-refractivity contribution in [1.82, 2.24) is 5.32 Å². The van der Waals surface area contributed by atoms with Crippen molar-refractivity contribution in [3.63, 3.8) is 0 Å². The third-order valence-corrected chi connectivity index (χ3v) is 2.20. The highest BCUT2D eigenvalue weighted by Gasteiger charge is 2.09. The van der Waals surface area contributed by atoms with Crippen LogP contribution >= 0.6 is 0 Å². The molecule has 13 heavy (non-hydrogen) atoms. The number of aliphatic hydroxyl groups is 1. The standard InChI is InChI=1S/C10H16N2O/c1-7-5-8(11)3-4-9(7)10(6-13)12-2/h3-5,10,12-13H,6,11H2,1-2H3. The Morgan fingerprint density at radius 3 is 2.69 bits per heavy atom. The van der Waals surface area contributed by atoms with E-state index in [1.54, 1.807) is 0 Å².